The molecule has 0 aliphatic rings. The molecule has 1 atom stereocenters. The van der Waals surface area contributed by atoms with Crippen LogP contribution in [-0.2, 0) is 9.53 Å². The lowest BCUT2D eigenvalue weighted by Crippen LogP contribution is -2.11. The highest BCUT2D eigenvalue weighted by molar-refractivity contribution is 6.05. The second-order valence-electron chi connectivity index (χ2n) is 6.74. The smallest absolute Gasteiger partial charge is 0.349 e. The van der Waals surface area contributed by atoms with Gasteiger partial charge in [-0.2, -0.15) is 5.26 Å². The Labute approximate surface area is 162 Å². The highest BCUT2D eigenvalue weighted by Gasteiger charge is 2.19. The van der Waals surface area contributed by atoms with Gasteiger partial charge >= 0.3 is 5.97 Å². The minimum Gasteiger partial charge on any atom is -0.462 e. The zero-order valence-electron chi connectivity index (χ0n) is 16.2. The maximum atomic E-state index is 12.6. The van der Waals surface area contributed by atoms with E-state index >= 15 is 0 Å². The van der Waals surface area contributed by atoms with E-state index in [1.165, 1.54) is 6.42 Å². The van der Waals surface area contributed by atoms with Crippen molar-refractivity contribution in [3.05, 3.63) is 77.4 Å². The van der Waals surface area contributed by atoms with Gasteiger partial charge in [-0.05, 0) is 29.9 Å². The summed E-state index contributed by atoms with van der Waals surface area (Å²) in [7, 11) is 0. The molecule has 3 heteroatoms. The van der Waals surface area contributed by atoms with Crippen LogP contribution in [0.15, 0.2) is 66.2 Å². The summed E-state index contributed by atoms with van der Waals surface area (Å²) in [5.74, 6) is 0.141. The molecule has 2 rings (SSSR count). The Morgan fingerprint density at radius 2 is 1.56 bits per heavy atom. The lowest BCUT2D eigenvalue weighted by atomic mass is 9.93. The summed E-state index contributed by atoms with van der Waals surface area (Å²) in [6.07, 6.45) is 4.14. The highest BCUT2D eigenvalue weighted by atomic mass is 16.5. The molecule has 0 bridgehead atoms. The van der Waals surface area contributed by atoms with Gasteiger partial charge in [0.05, 0.1) is 6.61 Å². The van der Waals surface area contributed by atoms with Crippen LogP contribution in [-0.4, -0.2) is 12.6 Å². The first-order chi connectivity index (χ1) is 13.2. The number of unbranched alkanes of at least 4 members (excludes halogenated alkanes) is 1. The fourth-order valence-corrected chi connectivity index (χ4v) is 2.90. The molecule has 0 amide bonds. The monoisotopic (exact) mass is 361 g/mol. The second kappa shape index (κ2) is 11.0. The van der Waals surface area contributed by atoms with Crippen LogP contribution in [0.4, 0.5) is 0 Å². The number of ether oxygens (including phenoxy) is 1. The first-order valence-electron chi connectivity index (χ1n) is 9.59. The van der Waals surface area contributed by atoms with E-state index in [1.54, 1.807) is 0 Å². The van der Waals surface area contributed by atoms with E-state index in [0.717, 1.165) is 30.4 Å². The molecule has 0 saturated carbocycles. The number of benzene rings is 2. The minimum absolute atomic E-state index is 0.0503. The van der Waals surface area contributed by atoms with E-state index in [1.807, 2.05) is 60.7 Å². The van der Waals surface area contributed by atoms with Gasteiger partial charge in [0.2, 0.25) is 0 Å². The Hall–Kier alpha value is -2.86. The van der Waals surface area contributed by atoms with Gasteiger partial charge in [-0.3, -0.25) is 0 Å². The summed E-state index contributed by atoms with van der Waals surface area (Å²) in [4.78, 5) is 12.6. The molecule has 0 fully saturated rings. The number of hydrogen-bond acceptors (Lipinski definition) is 3. The molecule has 0 aliphatic carbocycles. The van der Waals surface area contributed by atoms with E-state index in [4.69, 9.17) is 4.74 Å². The maximum absolute atomic E-state index is 12.6. The van der Waals surface area contributed by atoms with Gasteiger partial charge in [-0.15, -0.1) is 0 Å². The molecule has 3 nitrogen and oxygen atoms in total. The first kappa shape index (κ1) is 20.5. The molecule has 2 aromatic carbocycles. The van der Waals surface area contributed by atoms with Crippen molar-refractivity contribution in [2.45, 2.75) is 39.5 Å². The lowest BCUT2D eigenvalue weighted by molar-refractivity contribution is -0.138. The fourth-order valence-electron chi connectivity index (χ4n) is 2.90. The van der Waals surface area contributed by atoms with Crippen molar-refractivity contribution >= 4 is 11.5 Å². The maximum Gasteiger partial charge on any atom is 0.349 e. The first-order valence-corrected chi connectivity index (χ1v) is 9.59. The molecule has 0 heterocycles. The number of esters is 1. The molecule has 0 N–H and O–H groups in total. The number of hydrogen-bond donors (Lipinski definition) is 0. The predicted octanol–water partition coefficient (Wildman–Crippen LogP) is 5.77. The third-order valence-corrected chi connectivity index (χ3v) is 4.71. The molecule has 0 aliphatic heterocycles. The topological polar surface area (TPSA) is 50.1 Å². The lowest BCUT2D eigenvalue weighted by Gasteiger charge is -2.12. The summed E-state index contributed by atoms with van der Waals surface area (Å²) in [5, 5.41) is 9.69. The number of carbonyl (C=O) groups is 1. The van der Waals surface area contributed by atoms with Crippen molar-refractivity contribution in [1.29, 1.82) is 5.26 Å². The number of carbonyl (C=O) groups excluding carboxylic acids is 1. The average molecular weight is 361 g/mol. The number of nitriles is 1. The van der Waals surface area contributed by atoms with Gasteiger partial charge in [0.1, 0.15) is 11.6 Å². The van der Waals surface area contributed by atoms with Crippen molar-refractivity contribution in [3.63, 3.8) is 0 Å². The molecular formula is C24H27NO2. The van der Waals surface area contributed by atoms with Crippen molar-refractivity contribution in [1.82, 2.24) is 0 Å². The van der Waals surface area contributed by atoms with Crippen LogP contribution in [0.2, 0.25) is 0 Å². The second-order valence-corrected chi connectivity index (χ2v) is 6.74. The normalized spacial score (nSPS) is 11.3. The summed E-state index contributed by atoms with van der Waals surface area (Å²) in [6, 6.07) is 21.1. The number of nitrogens with zero attached hydrogens (tertiary/aromatic N) is 1. The minimum atomic E-state index is -0.552. The van der Waals surface area contributed by atoms with Gasteiger partial charge in [-0.1, -0.05) is 87.4 Å². The van der Waals surface area contributed by atoms with E-state index in [9.17, 15) is 10.1 Å². The van der Waals surface area contributed by atoms with Gasteiger partial charge in [0, 0.05) is 5.57 Å². The third-order valence-electron chi connectivity index (χ3n) is 4.71. The van der Waals surface area contributed by atoms with Crippen molar-refractivity contribution in [2.24, 2.45) is 5.92 Å². The Kier molecular flexibility index (Phi) is 8.32. The van der Waals surface area contributed by atoms with Crippen LogP contribution in [0.3, 0.4) is 0 Å². The zero-order valence-corrected chi connectivity index (χ0v) is 16.2. The van der Waals surface area contributed by atoms with Crippen LogP contribution in [0.5, 0.6) is 0 Å². The van der Waals surface area contributed by atoms with E-state index in [0.29, 0.717) is 18.1 Å². The van der Waals surface area contributed by atoms with Gasteiger partial charge in [0.25, 0.3) is 0 Å². The summed E-state index contributed by atoms with van der Waals surface area (Å²) < 4.78 is 5.42. The molecule has 0 radical (unpaired) electrons. The molecule has 140 valence electrons. The molecule has 27 heavy (non-hydrogen) atoms. The van der Waals surface area contributed by atoms with Crippen LogP contribution in [0.1, 0.15) is 50.7 Å². The van der Waals surface area contributed by atoms with Gasteiger partial charge in [-0.25, -0.2) is 4.79 Å². The quantitative estimate of drug-likeness (QED) is 0.246. The Balaban J connectivity index is 2.19. The van der Waals surface area contributed by atoms with Crippen LogP contribution in [0.25, 0.3) is 5.57 Å². The van der Waals surface area contributed by atoms with Crippen LogP contribution < -0.4 is 0 Å². The molecule has 1 unspecified atom stereocenters. The van der Waals surface area contributed by atoms with Crippen molar-refractivity contribution in [3.8, 4) is 6.07 Å². The van der Waals surface area contributed by atoms with Crippen LogP contribution in [0, 0.1) is 17.2 Å². The molecule has 0 spiro atoms. The summed E-state index contributed by atoms with van der Waals surface area (Å²) in [5.41, 5.74) is 2.32. The highest BCUT2D eigenvalue weighted by Crippen LogP contribution is 2.27. The number of rotatable bonds is 9. The van der Waals surface area contributed by atoms with E-state index in [-0.39, 0.29) is 5.57 Å². The Morgan fingerprint density at radius 3 is 2.04 bits per heavy atom. The summed E-state index contributed by atoms with van der Waals surface area (Å²) >= 11 is 0. The molecular weight excluding hydrogens is 334 g/mol. The van der Waals surface area contributed by atoms with Crippen molar-refractivity contribution in [2.75, 3.05) is 6.61 Å². The standard InChI is InChI=1S/C24H27NO2/c1-3-19(2)12-10-11-17-27-24(26)22(18-25)23(20-13-6-4-7-14-20)21-15-8-5-9-16-21/h4-9,13-16,19H,3,10-12,17H2,1-2H3. The largest absolute Gasteiger partial charge is 0.462 e. The summed E-state index contributed by atoms with van der Waals surface area (Å²) in [6.45, 7) is 4.76. The average Bonchev–Trinajstić information content (AvgIpc) is 2.72. The zero-order chi connectivity index (χ0) is 19.5. The SMILES string of the molecule is CCC(C)CCCCOC(=O)C(C#N)=C(c1ccccc1)c1ccccc1. The molecule has 0 saturated heterocycles. The van der Waals surface area contributed by atoms with E-state index < -0.39 is 5.97 Å². The van der Waals surface area contributed by atoms with E-state index in [2.05, 4.69) is 19.9 Å². The Bertz CT molecular complexity index is 747. The third kappa shape index (κ3) is 6.11. The predicted molar refractivity (Wildman–Crippen MR) is 109 cm³/mol. The molecule has 2 aromatic rings. The molecule has 0 aromatic heterocycles. The fraction of sp³-hybridized carbons (Fsp3) is 0.333. The van der Waals surface area contributed by atoms with Crippen molar-refractivity contribution < 1.29 is 9.53 Å². The van der Waals surface area contributed by atoms with Crippen LogP contribution >= 0.6 is 0 Å². The van der Waals surface area contributed by atoms with Gasteiger partial charge < -0.3 is 4.74 Å². The Morgan fingerprint density at radius 1 is 1.00 bits per heavy atom. The van der Waals surface area contributed by atoms with Gasteiger partial charge in [0.15, 0.2) is 0 Å².